The predicted octanol–water partition coefficient (Wildman–Crippen LogP) is 1.69. The summed E-state index contributed by atoms with van der Waals surface area (Å²) in [4.78, 5) is 9.71. The number of ether oxygens (including phenoxy) is 1. The highest BCUT2D eigenvalue weighted by atomic mass is 32.2. The Balaban J connectivity index is 2.08. The van der Waals surface area contributed by atoms with Gasteiger partial charge in [0.15, 0.2) is 0 Å². The molecule has 1 aliphatic heterocycles. The smallest absolute Gasteiger partial charge is 0.383 e. The van der Waals surface area contributed by atoms with Gasteiger partial charge >= 0.3 is 6.18 Å². The molecule has 0 spiro atoms. The molecule has 0 radical (unpaired) electrons. The fourth-order valence-electron chi connectivity index (χ4n) is 2.30. The summed E-state index contributed by atoms with van der Waals surface area (Å²) in [6.07, 6.45) is -4.81. The second kappa shape index (κ2) is 7.54. The molecular formula is C13H16F3N3O5S. The number of alkyl halides is 3. The number of nitro benzene ring substituents is 1. The highest BCUT2D eigenvalue weighted by Crippen LogP contribution is 2.37. The fourth-order valence-corrected chi connectivity index (χ4v) is 3.63. The van der Waals surface area contributed by atoms with Crippen LogP contribution in [0.25, 0.3) is 0 Å². The topological polar surface area (TPSA) is 102 Å². The lowest BCUT2D eigenvalue weighted by Gasteiger charge is -2.26. The summed E-state index contributed by atoms with van der Waals surface area (Å²) >= 11 is 0. The Labute approximate surface area is 141 Å². The minimum atomic E-state index is -4.81. The summed E-state index contributed by atoms with van der Waals surface area (Å²) in [5.74, 6) is -0.402. The third-order valence-corrected chi connectivity index (χ3v) is 5.43. The number of anilines is 1. The first-order valence-corrected chi connectivity index (χ1v) is 8.87. The Morgan fingerprint density at radius 1 is 1.28 bits per heavy atom. The van der Waals surface area contributed by atoms with Crippen LogP contribution in [0.4, 0.5) is 24.5 Å². The molecule has 0 unspecified atom stereocenters. The van der Waals surface area contributed by atoms with Gasteiger partial charge in [0.2, 0.25) is 10.0 Å². The van der Waals surface area contributed by atoms with Crippen molar-refractivity contribution in [1.82, 2.24) is 4.31 Å². The van der Waals surface area contributed by atoms with E-state index >= 15 is 0 Å². The van der Waals surface area contributed by atoms with E-state index in [0.717, 1.165) is 12.1 Å². The van der Waals surface area contributed by atoms with Crippen molar-refractivity contribution >= 4 is 21.4 Å². The average molecular weight is 383 g/mol. The van der Waals surface area contributed by atoms with Crippen molar-refractivity contribution in [2.24, 2.45) is 0 Å². The fraction of sp³-hybridized carbons (Fsp3) is 0.538. The van der Waals surface area contributed by atoms with Gasteiger partial charge in [0.1, 0.15) is 0 Å². The number of non-ortho nitro benzene ring substituents is 1. The zero-order valence-electron chi connectivity index (χ0n) is 13.0. The van der Waals surface area contributed by atoms with Crippen LogP contribution in [-0.2, 0) is 20.9 Å². The van der Waals surface area contributed by atoms with Crippen LogP contribution in [0.15, 0.2) is 18.2 Å². The molecule has 0 amide bonds. The minimum Gasteiger partial charge on any atom is -0.383 e. The molecule has 0 aromatic heterocycles. The molecule has 1 aliphatic rings. The zero-order chi connectivity index (χ0) is 18.7. The van der Waals surface area contributed by atoms with Crippen LogP contribution in [-0.4, -0.2) is 56.2 Å². The van der Waals surface area contributed by atoms with E-state index in [9.17, 15) is 31.7 Å². The van der Waals surface area contributed by atoms with Crippen LogP contribution >= 0.6 is 0 Å². The van der Waals surface area contributed by atoms with Gasteiger partial charge in [0.25, 0.3) is 5.69 Å². The monoisotopic (exact) mass is 383 g/mol. The van der Waals surface area contributed by atoms with Crippen molar-refractivity contribution in [3.05, 3.63) is 33.9 Å². The third kappa shape index (κ3) is 5.03. The van der Waals surface area contributed by atoms with E-state index in [1.54, 1.807) is 0 Å². The van der Waals surface area contributed by atoms with Crippen molar-refractivity contribution in [2.45, 2.75) is 6.18 Å². The first-order chi connectivity index (χ1) is 11.6. The molecule has 25 heavy (non-hydrogen) atoms. The number of nitro groups is 1. The lowest BCUT2D eigenvalue weighted by Crippen LogP contribution is -2.42. The summed E-state index contributed by atoms with van der Waals surface area (Å²) in [5.41, 5.74) is -2.32. The molecule has 1 aromatic rings. The number of halogens is 3. The average Bonchev–Trinajstić information content (AvgIpc) is 2.54. The summed E-state index contributed by atoms with van der Waals surface area (Å²) in [7, 11) is -3.62. The molecule has 12 heteroatoms. The number of hydrogen-bond donors (Lipinski definition) is 1. The Bertz CT molecular complexity index is 733. The number of nitrogens with one attached hydrogen (secondary N) is 1. The molecule has 0 bridgehead atoms. The quantitative estimate of drug-likeness (QED) is 0.593. The number of morpholine rings is 1. The van der Waals surface area contributed by atoms with Crippen molar-refractivity contribution in [3.8, 4) is 0 Å². The highest BCUT2D eigenvalue weighted by Gasteiger charge is 2.35. The molecule has 140 valence electrons. The molecule has 1 aromatic carbocycles. The van der Waals surface area contributed by atoms with Gasteiger partial charge < -0.3 is 10.1 Å². The second-order valence-corrected chi connectivity index (χ2v) is 7.33. The normalized spacial score (nSPS) is 16.6. The van der Waals surface area contributed by atoms with Gasteiger partial charge in [0.05, 0.1) is 29.5 Å². The molecule has 1 fully saturated rings. The van der Waals surface area contributed by atoms with Gasteiger partial charge in [-0.25, -0.2) is 8.42 Å². The van der Waals surface area contributed by atoms with Crippen molar-refractivity contribution in [3.63, 3.8) is 0 Å². The third-order valence-electron chi connectivity index (χ3n) is 3.56. The summed E-state index contributed by atoms with van der Waals surface area (Å²) in [6, 6.07) is 2.26. The standard InChI is InChI=1S/C13H16F3N3O5S/c14-13(15,16)11-9-10(19(20)21)1-2-12(11)17-3-8-25(22,23)18-4-6-24-7-5-18/h1-2,9,17H,3-8H2. The first-order valence-electron chi connectivity index (χ1n) is 7.26. The molecule has 0 atom stereocenters. The lowest BCUT2D eigenvalue weighted by atomic mass is 10.1. The van der Waals surface area contributed by atoms with E-state index in [-0.39, 0.29) is 32.8 Å². The highest BCUT2D eigenvalue weighted by molar-refractivity contribution is 7.89. The number of hydrogen-bond acceptors (Lipinski definition) is 6. The number of nitrogens with zero attached hydrogens (tertiary/aromatic N) is 2. The van der Waals surface area contributed by atoms with Gasteiger partial charge in [-0.15, -0.1) is 0 Å². The zero-order valence-corrected chi connectivity index (χ0v) is 13.8. The van der Waals surface area contributed by atoms with E-state index in [2.05, 4.69) is 5.32 Å². The van der Waals surface area contributed by atoms with E-state index in [1.807, 2.05) is 0 Å². The van der Waals surface area contributed by atoms with Crippen LogP contribution in [0.2, 0.25) is 0 Å². The van der Waals surface area contributed by atoms with E-state index < -0.39 is 43.8 Å². The minimum absolute atomic E-state index is 0.202. The second-order valence-electron chi connectivity index (χ2n) is 5.24. The Morgan fingerprint density at radius 3 is 2.48 bits per heavy atom. The SMILES string of the molecule is O=[N+]([O-])c1ccc(NCCS(=O)(=O)N2CCOCC2)c(C(F)(F)F)c1. The van der Waals surface area contributed by atoms with Gasteiger partial charge in [-0.2, -0.15) is 17.5 Å². The molecule has 1 heterocycles. The van der Waals surface area contributed by atoms with E-state index in [0.29, 0.717) is 6.07 Å². The van der Waals surface area contributed by atoms with E-state index in [4.69, 9.17) is 4.74 Å². The number of rotatable bonds is 6. The summed E-state index contributed by atoms with van der Waals surface area (Å²) < 4.78 is 69.6. The molecular weight excluding hydrogens is 367 g/mol. The maximum atomic E-state index is 13.0. The molecule has 2 rings (SSSR count). The lowest BCUT2D eigenvalue weighted by molar-refractivity contribution is -0.385. The maximum Gasteiger partial charge on any atom is 0.418 e. The van der Waals surface area contributed by atoms with Gasteiger partial charge in [0, 0.05) is 37.5 Å². The van der Waals surface area contributed by atoms with Crippen LogP contribution in [0, 0.1) is 10.1 Å². The van der Waals surface area contributed by atoms with Crippen molar-refractivity contribution in [1.29, 1.82) is 0 Å². The Morgan fingerprint density at radius 2 is 1.92 bits per heavy atom. The Hall–Kier alpha value is -1.92. The predicted molar refractivity (Wildman–Crippen MR) is 82.8 cm³/mol. The maximum absolute atomic E-state index is 13.0. The molecule has 0 saturated carbocycles. The van der Waals surface area contributed by atoms with E-state index in [1.165, 1.54) is 4.31 Å². The van der Waals surface area contributed by atoms with Crippen molar-refractivity contribution in [2.75, 3.05) is 43.9 Å². The van der Waals surface area contributed by atoms with Gasteiger partial charge in [-0.05, 0) is 6.07 Å². The van der Waals surface area contributed by atoms with Crippen LogP contribution in [0.5, 0.6) is 0 Å². The number of benzene rings is 1. The van der Waals surface area contributed by atoms with Crippen LogP contribution in [0.3, 0.4) is 0 Å². The largest absolute Gasteiger partial charge is 0.418 e. The van der Waals surface area contributed by atoms with Crippen LogP contribution < -0.4 is 5.32 Å². The first kappa shape index (κ1) is 19.4. The summed E-state index contributed by atoms with van der Waals surface area (Å²) in [5, 5.41) is 13.0. The molecule has 8 nitrogen and oxygen atoms in total. The van der Waals surface area contributed by atoms with Crippen molar-refractivity contribution < 1.29 is 31.2 Å². The van der Waals surface area contributed by atoms with Crippen LogP contribution in [0.1, 0.15) is 5.56 Å². The Kier molecular flexibility index (Phi) is 5.85. The van der Waals surface area contributed by atoms with Gasteiger partial charge in [-0.1, -0.05) is 0 Å². The number of sulfonamides is 1. The summed E-state index contributed by atoms with van der Waals surface area (Å²) in [6.45, 7) is 0.683. The molecule has 0 aliphatic carbocycles. The molecule has 1 N–H and O–H groups in total. The van der Waals surface area contributed by atoms with Gasteiger partial charge in [-0.3, -0.25) is 10.1 Å². The molecule has 1 saturated heterocycles.